The average molecular weight is 615 g/mol. The highest BCUT2D eigenvalue weighted by Gasteiger charge is 2.13. The molecule has 3 aromatic rings. The second-order valence-corrected chi connectivity index (χ2v) is 9.18. The molecule has 3 nitrogen and oxygen atoms in total. The zero-order valence-corrected chi connectivity index (χ0v) is 21.0. The molecule has 0 bridgehead atoms. The highest BCUT2D eigenvalue weighted by Crippen LogP contribution is 2.38. The largest absolute Gasteiger partial charge is 0.493 e. The fraction of sp³-hybridized carbons (Fsp3) is 0.0870. The molecule has 0 saturated heterocycles. The monoisotopic (exact) mass is 613 g/mol. The van der Waals surface area contributed by atoms with Crippen LogP contribution in [0.15, 0.2) is 59.1 Å². The van der Waals surface area contributed by atoms with Crippen molar-refractivity contribution in [3.8, 4) is 17.6 Å². The van der Waals surface area contributed by atoms with E-state index in [2.05, 4.69) is 44.6 Å². The molecule has 0 aliphatic rings. The van der Waals surface area contributed by atoms with Crippen LogP contribution in [0.2, 0.25) is 10.0 Å². The molecule has 0 saturated carbocycles. The standard InChI is InChI=1S/C23H15BrCl2INO2/c1-29-22-10-14(8-17(12-28)15-3-6-19(27)7-4-15)9-20(24)23(22)30-13-16-2-5-18(25)11-21(16)26/h2-11H,13H2,1H3/b17-8-. The molecule has 0 heterocycles. The quantitative estimate of drug-likeness (QED) is 0.160. The van der Waals surface area contributed by atoms with E-state index in [4.69, 9.17) is 32.7 Å². The molecule has 0 aliphatic carbocycles. The Morgan fingerprint density at radius 2 is 1.87 bits per heavy atom. The Labute approximate surface area is 207 Å². The van der Waals surface area contributed by atoms with Crippen molar-refractivity contribution in [2.75, 3.05) is 7.11 Å². The zero-order valence-electron chi connectivity index (χ0n) is 15.8. The van der Waals surface area contributed by atoms with Gasteiger partial charge in [-0.1, -0.05) is 41.4 Å². The molecule has 0 unspecified atom stereocenters. The number of allylic oxidation sites excluding steroid dienone is 1. The van der Waals surface area contributed by atoms with Crippen LogP contribution in [0, 0.1) is 14.9 Å². The topological polar surface area (TPSA) is 42.2 Å². The van der Waals surface area contributed by atoms with Crippen molar-refractivity contribution in [1.82, 2.24) is 0 Å². The predicted octanol–water partition coefficient (Wildman–Crippen LogP) is 8.01. The number of methoxy groups -OCH3 is 1. The minimum Gasteiger partial charge on any atom is -0.493 e. The first-order valence-electron chi connectivity index (χ1n) is 8.73. The van der Waals surface area contributed by atoms with Crippen molar-refractivity contribution in [1.29, 1.82) is 5.26 Å². The number of halogens is 4. The summed E-state index contributed by atoms with van der Waals surface area (Å²) in [6, 6.07) is 19.0. The second-order valence-electron chi connectivity index (χ2n) is 6.24. The van der Waals surface area contributed by atoms with Crippen molar-refractivity contribution in [3.63, 3.8) is 0 Å². The van der Waals surface area contributed by atoms with E-state index in [-0.39, 0.29) is 6.61 Å². The van der Waals surface area contributed by atoms with Gasteiger partial charge in [0.15, 0.2) is 11.5 Å². The predicted molar refractivity (Wildman–Crippen MR) is 134 cm³/mol. The van der Waals surface area contributed by atoms with Crippen molar-refractivity contribution in [3.05, 3.63) is 89.4 Å². The Morgan fingerprint density at radius 3 is 2.50 bits per heavy atom. The molecule has 0 radical (unpaired) electrons. The maximum Gasteiger partial charge on any atom is 0.175 e. The van der Waals surface area contributed by atoms with Gasteiger partial charge in [0.1, 0.15) is 6.61 Å². The van der Waals surface area contributed by atoms with Crippen molar-refractivity contribution < 1.29 is 9.47 Å². The molecule has 152 valence electrons. The molecule has 30 heavy (non-hydrogen) atoms. The van der Waals surface area contributed by atoms with Gasteiger partial charge < -0.3 is 9.47 Å². The van der Waals surface area contributed by atoms with Crippen molar-refractivity contribution in [2.24, 2.45) is 0 Å². The molecule has 0 amide bonds. The van der Waals surface area contributed by atoms with Gasteiger partial charge in [0.25, 0.3) is 0 Å². The van der Waals surface area contributed by atoms with Crippen LogP contribution in [0.25, 0.3) is 11.6 Å². The first-order chi connectivity index (χ1) is 14.4. The maximum atomic E-state index is 9.61. The van der Waals surface area contributed by atoms with E-state index in [1.165, 1.54) is 0 Å². The average Bonchev–Trinajstić information content (AvgIpc) is 2.72. The minimum atomic E-state index is 0.256. The molecule has 3 aromatic carbocycles. The summed E-state index contributed by atoms with van der Waals surface area (Å²) in [6.45, 7) is 0.256. The van der Waals surface area contributed by atoms with Crippen LogP contribution in [0.5, 0.6) is 11.5 Å². The summed E-state index contributed by atoms with van der Waals surface area (Å²) in [7, 11) is 1.57. The summed E-state index contributed by atoms with van der Waals surface area (Å²) in [5.74, 6) is 1.09. The second kappa shape index (κ2) is 10.5. The van der Waals surface area contributed by atoms with E-state index >= 15 is 0 Å². The van der Waals surface area contributed by atoms with Crippen LogP contribution >= 0.6 is 61.7 Å². The van der Waals surface area contributed by atoms with Gasteiger partial charge in [0, 0.05) is 19.2 Å². The normalized spacial score (nSPS) is 11.1. The number of nitriles is 1. The summed E-state index contributed by atoms with van der Waals surface area (Å²) >= 11 is 18.0. The fourth-order valence-electron chi connectivity index (χ4n) is 2.73. The number of hydrogen-bond acceptors (Lipinski definition) is 3. The van der Waals surface area contributed by atoms with Crippen LogP contribution < -0.4 is 9.47 Å². The molecule has 0 spiro atoms. The van der Waals surface area contributed by atoms with E-state index in [0.717, 1.165) is 20.3 Å². The van der Waals surface area contributed by atoms with Crippen LogP contribution in [0.3, 0.4) is 0 Å². The van der Waals surface area contributed by atoms with Gasteiger partial charge in [0.05, 0.1) is 23.2 Å². The Kier molecular flexibility index (Phi) is 8.06. The summed E-state index contributed by atoms with van der Waals surface area (Å²) < 4.78 is 13.3. The van der Waals surface area contributed by atoms with Crippen molar-refractivity contribution >= 4 is 73.4 Å². The molecule has 0 aromatic heterocycles. The van der Waals surface area contributed by atoms with Gasteiger partial charge >= 0.3 is 0 Å². The lowest BCUT2D eigenvalue weighted by atomic mass is 10.0. The number of ether oxygens (including phenoxy) is 2. The number of nitrogens with zero attached hydrogens (tertiary/aromatic N) is 1. The third kappa shape index (κ3) is 5.70. The van der Waals surface area contributed by atoms with Gasteiger partial charge in [-0.25, -0.2) is 0 Å². The number of hydrogen-bond donors (Lipinski definition) is 0. The molecule has 3 rings (SSSR count). The van der Waals surface area contributed by atoms with Crippen LogP contribution in [0.1, 0.15) is 16.7 Å². The first-order valence-corrected chi connectivity index (χ1v) is 11.4. The lowest BCUT2D eigenvalue weighted by molar-refractivity contribution is 0.282. The Bertz CT molecular complexity index is 1140. The van der Waals surface area contributed by atoms with Gasteiger partial charge in [-0.15, -0.1) is 0 Å². The van der Waals surface area contributed by atoms with Crippen LogP contribution in [-0.2, 0) is 6.61 Å². The molecule has 0 N–H and O–H groups in total. The fourth-order valence-corrected chi connectivity index (χ4v) is 4.12. The molecule has 0 atom stereocenters. The van der Waals surface area contributed by atoms with E-state index in [1.54, 1.807) is 19.2 Å². The summed E-state index contributed by atoms with van der Waals surface area (Å²) in [6.07, 6.45) is 1.81. The third-order valence-electron chi connectivity index (χ3n) is 4.23. The molecular weight excluding hydrogens is 600 g/mol. The minimum absolute atomic E-state index is 0.256. The lowest BCUT2D eigenvalue weighted by Gasteiger charge is -2.14. The third-order valence-corrected chi connectivity index (χ3v) is 6.12. The van der Waals surface area contributed by atoms with E-state index in [0.29, 0.717) is 31.6 Å². The van der Waals surface area contributed by atoms with Gasteiger partial charge in [-0.2, -0.15) is 5.26 Å². The van der Waals surface area contributed by atoms with Gasteiger partial charge in [-0.05, 0) is 92.1 Å². The molecule has 7 heteroatoms. The molecule has 0 aliphatic heterocycles. The summed E-state index contributed by atoms with van der Waals surface area (Å²) in [5, 5.41) is 10.7. The van der Waals surface area contributed by atoms with E-state index in [9.17, 15) is 5.26 Å². The molecule has 0 fully saturated rings. The summed E-state index contributed by atoms with van der Waals surface area (Å²) in [5.41, 5.74) is 3.03. The maximum absolute atomic E-state index is 9.61. The van der Waals surface area contributed by atoms with Crippen LogP contribution in [0.4, 0.5) is 0 Å². The lowest BCUT2D eigenvalue weighted by Crippen LogP contribution is -2.00. The summed E-state index contributed by atoms with van der Waals surface area (Å²) in [4.78, 5) is 0. The molecular formula is C23H15BrCl2INO2. The first kappa shape index (κ1) is 23.0. The SMILES string of the molecule is COc1cc(/C=C(/C#N)c2ccc(I)cc2)cc(Br)c1OCc1ccc(Cl)cc1Cl. The number of benzene rings is 3. The number of rotatable bonds is 6. The highest BCUT2D eigenvalue weighted by molar-refractivity contribution is 14.1. The Hall–Kier alpha value is -1.72. The zero-order chi connectivity index (χ0) is 21.7. The van der Waals surface area contributed by atoms with Gasteiger partial charge in [0.2, 0.25) is 0 Å². The Morgan fingerprint density at radius 1 is 1.13 bits per heavy atom. The van der Waals surface area contributed by atoms with E-state index < -0.39 is 0 Å². The van der Waals surface area contributed by atoms with E-state index in [1.807, 2.05) is 48.5 Å². The van der Waals surface area contributed by atoms with Crippen molar-refractivity contribution in [2.45, 2.75) is 6.61 Å². The van der Waals surface area contributed by atoms with Crippen LogP contribution in [-0.4, -0.2) is 7.11 Å². The smallest absolute Gasteiger partial charge is 0.175 e. The Balaban J connectivity index is 1.89. The highest BCUT2D eigenvalue weighted by atomic mass is 127. The van der Waals surface area contributed by atoms with Gasteiger partial charge in [-0.3, -0.25) is 0 Å².